The van der Waals surface area contributed by atoms with Crippen molar-refractivity contribution >= 4 is 22.8 Å². The summed E-state index contributed by atoms with van der Waals surface area (Å²) in [6.45, 7) is 0.304. The fraction of sp³-hybridized carbons (Fsp3) is 0.286. The first-order valence-corrected chi connectivity index (χ1v) is 9.46. The minimum atomic E-state index is -1.29. The molecule has 1 amide bonds. The van der Waals surface area contributed by atoms with Crippen molar-refractivity contribution in [3.05, 3.63) is 70.5 Å². The fourth-order valence-electron chi connectivity index (χ4n) is 3.79. The van der Waals surface area contributed by atoms with Gasteiger partial charge in [0.25, 0.3) is 5.56 Å². The molecule has 1 aliphatic heterocycles. The first-order chi connectivity index (χ1) is 14.1. The molecule has 0 bridgehead atoms. The molecule has 0 saturated carbocycles. The third-order valence-electron chi connectivity index (χ3n) is 5.25. The molecule has 1 aromatic heterocycles. The smallest absolute Gasteiger partial charge is 0.278 e. The van der Waals surface area contributed by atoms with Crippen molar-refractivity contribution in [3.63, 3.8) is 0 Å². The number of nitrogens with zero attached hydrogens (tertiary/aromatic N) is 4. The Bertz CT molecular complexity index is 1110. The summed E-state index contributed by atoms with van der Waals surface area (Å²) in [5.41, 5.74) is 0.833. The Kier molecular flexibility index (Phi) is 5.07. The van der Waals surface area contributed by atoms with Gasteiger partial charge in [-0.2, -0.15) is 4.68 Å². The van der Waals surface area contributed by atoms with Crippen molar-refractivity contribution in [1.29, 1.82) is 0 Å². The Morgan fingerprint density at radius 3 is 2.59 bits per heavy atom. The second-order valence-electron chi connectivity index (χ2n) is 7.07. The van der Waals surface area contributed by atoms with Gasteiger partial charge < -0.3 is 14.8 Å². The fourth-order valence-corrected chi connectivity index (χ4v) is 3.79. The number of hydrogen-bond acceptors (Lipinski definition) is 6. The molecule has 29 heavy (non-hydrogen) atoms. The summed E-state index contributed by atoms with van der Waals surface area (Å²) in [7, 11) is 0. The molecule has 2 atom stereocenters. The number of aromatic nitrogens is 3. The standard InChI is InChI=1S/C21H20N4O4/c26-19-15-9-4-5-10-16(15)22-23-25(19)18(13-14-7-2-1-3-8-14)20(27)24-12-6-11-17(24)21(28)29/h1-5,7-10,17-18H,6,11-13H2,(H,28,29)/p-1/t17-,18-/m1/s1. The van der Waals surface area contributed by atoms with Gasteiger partial charge in [-0.15, -0.1) is 5.10 Å². The van der Waals surface area contributed by atoms with E-state index >= 15 is 0 Å². The zero-order valence-corrected chi connectivity index (χ0v) is 15.6. The molecule has 4 rings (SSSR count). The zero-order valence-electron chi connectivity index (χ0n) is 15.6. The zero-order chi connectivity index (χ0) is 20.4. The molecular weight excluding hydrogens is 372 g/mol. The monoisotopic (exact) mass is 391 g/mol. The predicted octanol–water partition coefficient (Wildman–Crippen LogP) is 0.316. The first kappa shape index (κ1) is 18.8. The predicted molar refractivity (Wildman–Crippen MR) is 103 cm³/mol. The van der Waals surface area contributed by atoms with Crippen LogP contribution in [0, 0.1) is 0 Å². The number of aliphatic carboxylic acids is 1. The van der Waals surface area contributed by atoms with Crippen LogP contribution in [0.5, 0.6) is 0 Å². The third-order valence-corrected chi connectivity index (χ3v) is 5.25. The van der Waals surface area contributed by atoms with E-state index in [-0.39, 0.29) is 6.42 Å². The highest BCUT2D eigenvalue weighted by Crippen LogP contribution is 2.23. The number of benzene rings is 2. The largest absolute Gasteiger partial charge is 0.548 e. The third kappa shape index (κ3) is 3.61. The average Bonchev–Trinajstić information content (AvgIpc) is 3.23. The molecule has 1 fully saturated rings. The summed E-state index contributed by atoms with van der Waals surface area (Å²) < 4.78 is 1.07. The molecule has 0 N–H and O–H groups in total. The summed E-state index contributed by atoms with van der Waals surface area (Å²) in [4.78, 5) is 39.2. The van der Waals surface area contributed by atoms with Crippen LogP contribution in [0.15, 0.2) is 59.4 Å². The molecule has 2 heterocycles. The highest BCUT2D eigenvalue weighted by atomic mass is 16.4. The molecule has 0 spiro atoms. The molecular formula is C21H19N4O4-. The number of carbonyl (C=O) groups is 2. The Labute approximate surface area is 166 Å². The molecule has 0 radical (unpaired) electrons. The summed E-state index contributed by atoms with van der Waals surface area (Å²) in [6.07, 6.45) is 1.11. The quantitative estimate of drug-likeness (QED) is 0.620. The van der Waals surface area contributed by atoms with Gasteiger partial charge in [0.05, 0.1) is 17.4 Å². The van der Waals surface area contributed by atoms with E-state index in [2.05, 4.69) is 10.3 Å². The van der Waals surface area contributed by atoms with Gasteiger partial charge in [-0.3, -0.25) is 9.59 Å². The minimum absolute atomic E-state index is 0.197. The maximum absolute atomic E-state index is 13.4. The van der Waals surface area contributed by atoms with Crippen molar-refractivity contribution in [2.24, 2.45) is 0 Å². The van der Waals surface area contributed by atoms with Crippen LogP contribution in [0.3, 0.4) is 0 Å². The number of fused-ring (bicyclic) bond motifs is 1. The van der Waals surface area contributed by atoms with Crippen LogP contribution in [-0.4, -0.2) is 44.4 Å². The topological polar surface area (TPSA) is 108 Å². The van der Waals surface area contributed by atoms with Crippen LogP contribution >= 0.6 is 0 Å². The van der Waals surface area contributed by atoms with E-state index in [1.807, 2.05) is 30.3 Å². The Morgan fingerprint density at radius 1 is 1.10 bits per heavy atom. The van der Waals surface area contributed by atoms with Crippen molar-refractivity contribution in [2.45, 2.75) is 31.3 Å². The lowest BCUT2D eigenvalue weighted by atomic mass is 10.0. The first-order valence-electron chi connectivity index (χ1n) is 9.46. The van der Waals surface area contributed by atoms with Crippen molar-refractivity contribution in [2.75, 3.05) is 6.54 Å². The number of likely N-dealkylation sites (tertiary alicyclic amines) is 1. The number of amides is 1. The van der Waals surface area contributed by atoms with Crippen LogP contribution in [0.25, 0.3) is 10.9 Å². The van der Waals surface area contributed by atoms with E-state index in [1.54, 1.807) is 24.3 Å². The molecule has 1 aliphatic rings. The maximum atomic E-state index is 13.4. The molecule has 8 heteroatoms. The van der Waals surface area contributed by atoms with E-state index in [0.29, 0.717) is 30.3 Å². The normalized spacial score (nSPS) is 17.4. The summed E-state index contributed by atoms with van der Waals surface area (Å²) in [5, 5.41) is 19.9. The van der Waals surface area contributed by atoms with Gasteiger partial charge in [0.1, 0.15) is 11.6 Å². The van der Waals surface area contributed by atoms with Gasteiger partial charge in [0, 0.05) is 13.0 Å². The van der Waals surface area contributed by atoms with Crippen molar-refractivity contribution < 1.29 is 14.7 Å². The number of rotatable bonds is 5. The molecule has 0 unspecified atom stereocenters. The van der Waals surface area contributed by atoms with Crippen molar-refractivity contribution in [3.8, 4) is 0 Å². The van der Waals surface area contributed by atoms with E-state index < -0.39 is 29.5 Å². The van der Waals surface area contributed by atoms with Crippen LogP contribution in [0.2, 0.25) is 0 Å². The van der Waals surface area contributed by atoms with Crippen LogP contribution in [0.4, 0.5) is 0 Å². The van der Waals surface area contributed by atoms with Gasteiger partial charge >= 0.3 is 0 Å². The summed E-state index contributed by atoms with van der Waals surface area (Å²) in [5.74, 6) is -1.75. The summed E-state index contributed by atoms with van der Waals surface area (Å²) in [6, 6.07) is 14.0. The van der Waals surface area contributed by atoms with E-state index in [4.69, 9.17) is 0 Å². The van der Waals surface area contributed by atoms with Gasteiger partial charge in [-0.1, -0.05) is 47.7 Å². The molecule has 148 valence electrons. The van der Waals surface area contributed by atoms with Crippen LogP contribution in [-0.2, 0) is 16.0 Å². The number of carboxylic acid groups (broad SMARTS) is 1. The molecule has 3 aromatic rings. The number of carboxylic acids is 1. The molecule has 0 aliphatic carbocycles. The van der Waals surface area contributed by atoms with Crippen molar-refractivity contribution in [1.82, 2.24) is 19.9 Å². The van der Waals surface area contributed by atoms with Gasteiger partial charge in [0.2, 0.25) is 5.91 Å². The van der Waals surface area contributed by atoms with E-state index in [9.17, 15) is 19.5 Å². The molecule has 2 aromatic carbocycles. The Morgan fingerprint density at radius 2 is 1.83 bits per heavy atom. The van der Waals surface area contributed by atoms with E-state index in [1.165, 1.54) is 4.90 Å². The van der Waals surface area contributed by atoms with Crippen LogP contribution in [0.1, 0.15) is 24.4 Å². The highest BCUT2D eigenvalue weighted by molar-refractivity contribution is 5.86. The average molecular weight is 391 g/mol. The second-order valence-corrected chi connectivity index (χ2v) is 7.07. The second kappa shape index (κ2) is 7.83. The van der Waals surface area contributed by atoms with E-state index in [0.717, 1.165) is 10.2 Å². The Hall–Kier alpha value is -3.55. The van der Waals surface area contributed by atoms with Gasteiger partial charge in [-0.25, -0.2) is 0 Å². The SMILES string of the molecule is O=C([O-])[C@H]1CCCN1C(=O)[C@@H](Cc1ccccc1)n1nnc2ccccc2c1=O. The summed E-state index contributed by atoms with van der Waals surface area (Å²) >= 11 is 0. The molecule has 8 nitrogen and oxygen atoms in total. The van der Waals surface area contributed by atoms with Gasteiger partial charge in [0.15, 0.2) is 0 Å². The lowest BCUT2D eigenvalue weighted by Crippen LogP contribution is -2.50. The lowest BCUT2D eigenvalue weighted by Gasteiger charge is -2.29. The van der Waals surface area contributed by atoms with Crippen LogP contribution < -0.4 is 10.7 Å². The Balaban J connectivity index is 1.79. The maximum Gasteiger partial charge on any atom is 0.278 e. The minimum Gasteiger partial charge on any atom is -0.548 e. The number of carbonyl (C=O) groups excluding carboxylic acids is 2. The van der Waals surface area contributed by atoms with Gasteiger partial charge in [-0.05, 0) is 30.5 Å². The lowest BCUT2D eigenvalue weighted by molar-refractivity contribution is -0.310. The molecule has 1 saturated heterocycles. The highest BCUT2D eigenvalue weighted by Gasteiger charge is 2.36. The number of hydrogen-bond donors (Lipinski definition) is 0.